The topological polar surface area (TPSA) is 86.8 Å². The summed E-state index contributed by atoms with van der Waals surface area (Å²) in [6.07, 6.45) is 1.67. The van der Waals surface area contributed by atoms with Gasteiger partial charge in [0.1, 0.15) is 0 Å². The van der Waals surface area contributed by atoms with E-state index in [-0.39, 0.29) is 24.0 Å². The zero-order valence-electron chi connectivity index (χ0n) is 15.2. The first-order valence-electron chi connectivity index (χ1n) is 8.89. The van der Waals surface area contributed by atoms with E-state index < -0.39 is 20.2 Å². The molecule has 1 heterocycles. The van der Waals surface area contributed by atoms with Crippen molar-refractivity contribution in [3.05, 3.63) is 53.1 Å². The molecule has 4 rings (SSSR count). The normalized spacial score (nSPS) is 18.4. The molecule has 0 spiro atoms. The molecule has 10 heteroatoms. The summed E-state index contributed by atoms with van der Waals surface area (Å²) >= 11 is 6.02. The number of nitrogens with zero attached hydrogens (tertiary/aromatic N) is 2. The predicted molar refractivity (Wildman–Crippen MR) is 110 cm³/mol. The van der Waals surface area contributed by atoms with Gasteiger partial charge in [0.05, 0.1) is 16.3 Å². The second kappa shape index (κ2) is 6.91. The highest BCUT2D eigenvalue weighted by atomic mass is 35.5. The van der Waals surface area contributed by atoms with Crippen LogP contribution < -0.4 is 13.3 Å². The van der Waals surface area contributed by atoms with E-state index in [9.17, 15) is 16.8 Å². The molecule has 28 heavy (non-hydrogen) atoms. The number of fused-ring (bicyclic) bond motifs is 1. The number of hydrogen-bond acceptors (Lipinski definition) is 4. The summed E-state index contributed by atoms with van der Waals surface area (Å²) in [5.74, 6) is 0. The van der Waals surface area contributed by atoms with Crippen LogP contribution in [0, 0.1) is 6.92 Å². The van der Waals surface area contributed by atoms with E-state index in [1.54, 1.807) is 43.3 Å². The molecule has 0 saturated heterocycles. The molecule has 0 radical (unpaired) electrons. The highest BCUT2D eigenvalue weighted by Crippen LogP contribution is 2.46. The zero-order chi connectivity index (χ0) is 20.1. The number of benzene rings is 2. The van der Waals surface area contributed by atoms with E-state index in [0.717, 1.165) is 12.8 Å². The van der Waals surface area contributed by atoms with Gasteiger partial charge in [-0.1, -0.05) is 29.8 Å². The zero-order valence-corrected chi connectivity index (χ0v) is 17.6. The molecular formula is C18H20ClN3O4S2. The quantitative estimate of drug-likeness (QED) is 0.746. The first kappa shape index (κ1) is 19.5. The fourth-order valence-corrected chi connectivity index (χ4v) is 6.83. The highest BCUT2D eigenvalue weighted by molar-refractivity contribution is 7.94. The first-order valence-corrected chi connectivity index (χ1v) is 12.2. The molecule has 2 aliphatic rings. The van der Waals surface area contributed by atoms with Crippen molar-refractivity contribution in [2.24, 2.45) is 0 Å². The Balaban J connectivity index is 1.54. The molecule has 7 nitrogen and oxygen atoms in total. The van der Waals surface area contributed by atoms with Gasteiger partial charge in [0.25, 0.3) is 0 Å². The van der Waals surface area contributed by atoms with Gasteiger partial charge in [0.2, 0.25) is 10.0 Å². The number of hydrogen-bond donors (Lipinski definition) is 1. The Labute approximate surface area is 170 Å². The van der Waals surface area contributed by atoms with Crippen molar-refractivity contribution in [2.75, 3.05) is 21.7 Å². The van der Waals surface area contributed by atoms with Crippen LogP contribution in [0.2, 0.25) is 5.02 Å². The number of sulfonamides is 1. The summed E-state index contributed by atoms with van der Waals surface area (Å²) < 4.78 is 56.5. The molecule has 1 fully saturated rings. The minimum absolute atomic E-state index is 0.00140. The van der Waals surface area contributed by atoms with Crippen LogP contribution in [0.3, 0.4) is 0 Å². The number of halogens is 1. The van der Waals surface area contributed by atoms with Gasteiger partial charge in [-0.2, -0.15) is 8.42 Å². The fourth-order valence-electron chi connectivity index (χ4n) is 3.38. The van der Waals surface area contributed by atoms with Gasteiger partial charge >= 0.3 is 10.2 Å². The lowest BCUT2D eigenvalue weighted by atomic mass is 10.2. The van der Waals surface area contributed by atoms with Crippen LogP contribution in [0.25, 0.3) is 0 Å². The van der Waals surface area contributed by atoms with Crippen LogP contribution in [0.4, 0.5) is 11.4 Å². The van der Waals surface area contributed by atoms with Gasteiger partial charge in [-0.25, -0.2) is 21.8 Å². The Bertz CT molecular complexity index is 1130. The van der Waals surface area contributed by atoms with Gasteiger partial charge in [-0.3, -0.25) is 0 Å². The average molecular weight is 442 g/mol. The maximum absolute atomic E-state index is 13.0. The van der Waals surface area contributed by atoms with Crippen molar-refractivity contribution in [1.29, 1.82) is 0 Å². The molecule has 1 aliphatic carbocycles. The third-order valence-electron chi connectivity index (χ3n) is 4.91. The molecule has 0 unspecified atom stereocenters. The van der Waals surface area contributed by atoms with Gasteiger partial charge in [0, 0.05) is 24.2 Å². The van der Waals surface area contributed by atoms with Crippen LogP contribution in [-0.4, -0.2) is 36.0 Å². The lowest BCUT2D eigenvalue weighted by Crippen LogP contribution is -2.42. The van der Waals surface area contributed by atoms with E-state index in [4.69, 9.17) is 11.6 Å². The summed E-state index contributed by atoms with van der Waals surface area (Å²) in [5.41, 5.74) is 1.68. The molecule has 1 saturated carbocycles. The molecule has 1 N–H and O–H groups in total. The van der Waals surface area contributed by atoms with E-state index in [1.165, 1.54) is 14.7 Å². The van der Waals surface area contributed by atoms with Gasteiger partial charge in [0.15, 0.2) is 0 Å². The first-order chi connectivity index (χ1) is 13.2. The third kappa shape index (κ3) is 3.26. The molecule has 0 atom stereocenters. The Morgan fingerprint density at radius 2 is 1.79 bits per heavy atom. The molecule has 150 valence electrons. The Morgan fingerprint density at radius 1 is 1.11 bits per heavy atom. The molecule has 0 bridgehead atoms. The van der Waals surface area contributed by atoms with Gasteiger partial charge < -0.3 is 0 Å². The van der Waals surface area contributed by atoms with Gasteiger partial charge in [-0.15, -0.1) is 0 Å². The minimum atomic E-state index is -3.81. The summed E-state index contributed by atoms with van der Waals surface area (Å²) in [6.45, 7) is 1.58. The third-order valence-corrected chi connectivity index (χ3v) is 8.85. The van der Waals surface area contributed by atoms with E-state index in [0.29, 0.717) is 22.0 Å². The molecular weight excluding hydrogens is 422 g/mol. The second-order valence-electron chi connectivity index (χ2n) is 6.86. The van der Waals surface area contributed by atoms with Crippen molar-refractivity contribution < 1.29 is 16.8 Å². The van der Waals surface area contributed by atoms with Crippen molar-refractivity contribution in [3.8, 4) is 0 Å². The van der Waals surface area contributed by atoms with Crippen LogP contribution in [0.5, 0.6) is 0 Å². The Hall–Kier alpha value is -1.81. The Morgan fingerprint density at radius 3 is 2.46 bits per heavy atom. The number of anilines is 2. The van der Waals surface area contributed by atoms with E-state index in [1.807, 2.05) is 0 Å². The predicted octanol–water partition coefficient (Wildman–Crippen LogP) is 2.66. The number of rotatable bonds is 6. The Kier molecular flexibility index (Phi) is 4.81. The monoisotopic (exact) mass is 441 g/mol. The van der Waals surface area contributed by atoms with Crippen molar-refractivity contribution in [2.45, 2.75) is 30.7 Å². The van der Waals surface area contributed by atoms with Crippen LogP contribution >= 0.6 is 11.6 Å². The van der Waals surface area contributed by atoms with Crippen LogP contribution in [0.1, 0.15) is 18.4 Å². The standard InChI is InChI=1S/C18H20ClN3O4S2/c1-13-15(19)5-4-8-18(13)27(23,24)20-11-12-21-16-6-2-3-7-17(16)22(14-9-10-14)28(21,25)26/h2-8,14,20H,9-12H2,1H3. The van der Waals surface area contributed by atoms with Crippen LogP contribution in [0.15, 0.2) is 47.4 Å². The van der Waals surface area contributed by atoms with Crippen molar-refractivity contribution in [3.63, 3.8) is 0 Å². The largest absolute Gasteiger partial charge is 0.326 e. The minimum Gasteiger partial charge on any atom is -0.250 e. The number of para-hydroxylation sites is 2. The highest BCUT2D eigenvalue weighted by Gasteiger charge is 2.47. The maximum Gasteiger partial charge on any atom is 0.326 e. The summed E-state index contributed by atoms with van der Waals surface area (Å²) in [4.78, 5) is 0.0873. The number of nitrogens with one attached hydrogen (secondary N) is 1. The molecule has 1 aliphatic heterocycles. The van der Waals surface area contributed by atoms with Crippen molar-refractivity contribution in [1.82, 2.24) is 4.72 Å². The molecule has 2 aromatic carbocycles. The van der Waals surface area contributed by atoms with E-state index in [2.05, 4.69) is 4.72 Å². The molecule has 2 aromatic rings. The second-order valence-corrected chi connectivity index (χ2v) is 10.7. The average Bonchev–Trinajstić information content (AvgIpc) is 3.43. The summed E-state index contributed by atoms with van der Waals surface area (Å²) in [6, 6.07) is 11.8. The smallest absolute Gasteiger partial charge is 0.250 e. The van der Waals surface area contributed by atoms with Gasteiger partial charge in [-0.05, 0) is 49.6 Å². The lowest BCUT2D eigenvalue weighted by Gasteiger charge is -2.21. The summed E-state index contributed by atoms with van der Waals surface area (Å²) in [7, 11) is -7.52. The molecule has 0 aromatic heterocycles. The SMILES string of the molecule is Cc1c(Cl)cccc1S(=O)(=O)NCCN1c2ccccc2N(C2CC2)S1(=O)=O. The molecule has 0 amide bonds. The summed E-state index contributed by atoms with van der Waals surface area (Å²) in [5, 5.41) is 0.360. The maximum atomic E-state index is 13.0. The van der Waals surface area contributed by atoms with E-state index >= 15 is 0 Å². The van der Waals surface area contributed by atoms with Crippen LogP contribution in [-0.2, 0) is 20.2 Å². The van der Waals surface area contributed by atoms with Crippen molar-refractivity contribution >= 4 is 43.2 Å². The lowest BCUT2D eigenvalue weighted by molar-refractivity contribution is 0.576. The fraction of sp³-hybridized carbons (Fsp3) is 0.333.